The molecule has 0 radical (unpaired) electrons. The van der Waals surface area contributed by atoms with Gasteiger partial charge in [0.25, 0.3) is 5.91 Å². The molecule has 2 heterocycles. The zero-order chi connectivity index (χ0) is 26.1. The molecule has 188 valence electrons. The van der Waals surface area contributed by atoms with E-state index in [0.717, 1.165) is 28.2 Å². The molecule has 2 atom stereocenters. The number of rotatable bonds is 5. The topological polar surface area (TPSA) is 54.8 Å². The number of carbonyl (C=O) groups excluding carboxylic acids is 2. The van der Waals surface area contributed by atoms with Crippen molar-refractivity contribution in [3.63, 3.8) is 0 Å². The molecule has 2 amide bonds. The van der Waals surface area contributed by atoms with Gasteiger partial charge in [0.1, 0.15) is 11.6 Å². The molecule has 5 rings (SSSR count). The van der Waals surface area contributed by atoms with Crippen molar-refractivity contribution in [3.05, 3.63) is 102 Å². The Morgan fingerprint density at radius 2 is 1.62 bits per heavy atom. The number of ether oxygens (including phenoxy) is 1. The summed E-state index contributed by atoms with van der Waals surface area (Å²) in [6.45, 7) is 3.66. The Labute approximate surface area is 217 Å². The number of carbonyl (C=O) groups is 2. The van der Waals surface area contributed by atoms with E-state index >= 15 is 0 Å². The molecule has 37 heavy (non-hydrogen) atoms. The molecule has 0 N–H and O–H groups in total. The molecule has 4 aromatic rings. The van der Waals surface area contributed by atoms with Crippen LogP contribution in [0.1, 0.15) is 42.2 Å². The fraction of sp³-hybridized carbons (Fsp3) is 0.226. The van der Waals surface area contributed by atoms with Crippen LogP contribution in [0, 0.1) is 0 Å². The molecule has 1 aliphatic rings. The second kappa shape index (κ2) is 9.97. The van der Waals surface area contributed by atoms with Gasteiger partial charge in [0.05, 0.1) is 13.2 Å². The van der Waals surface area contributed by atoms with Crippen molar-refractivity contribution in [2.75, 3.05) is 16.9 Å². The van der Waals surface area contributed by atoms with Gasteiger partial charge in [-0.15, -0.1) is 0 Å². The molecule has 1 aromatic heterocycles. The van der Waals surface area contributed by atoms with Gasteiger partial charge in [-0.1, -0.05) is 54.6 Å². The first-order valence-corrected chi connectivity index (χ1v) is 12.5. The Kier molecular flexibility index (Phi) is 6.57. The van der Waals surface area contributed by atoms with Crippen molar-refractivity contribution in [1.82, 2.24) is 4.57 Å². The van der Waals surface area contributed by atoms with Crippen LogP contribution in [-0.2, 0) is 11.8 Å². The molecule has 2 unspecified atom stereocenters. The van der Waals surface area contributed by atoms with Gasteiger partial charge < -0.3 is 14.2 Å². The lowest BCUT2D eigenvalue weighted by molar-refractivity contribution is -0.117. The Morgan fingerprint density at radius 3 is 2.27 bits per heavy atom. The number of aromatic nitrogens is 1. The van der Waals surface area contributed by atoms with Gasteiger partial charge in [-0.05, 0) is 49.2 Å². The molecule has 6 heteroatoms. The monoisotopic (exact) mass is 493 g/mol. The first-order chi connectivity index (χ1) is 17.9. The first-order valence-electron chi connectivity index (χ1n) is 12.5. The maximum Gasteiger partial charge on any atom is 0.259 e. The zero-order valence-electron chi connectivity index (χ0n) is 21.6. The van der Waals surface area contributed by atoms with Gasteiger partial charge in [-0.25, -0.2) is 0 Å². The maximum atomic E-state index is 14.0. The van der Waals surface area contributed by atoms with Crippen molar-refractivity contribution in [2.45, 2.75) is 32.4 Å². The summed E-state index contributed by atoms with van der Waals surface area (Å²) < 4.78 is 7.39. The Hall–Kier alpha value is -4.32. The largest absolute Gasteiger partial charge is 0.497 e. The smallest absolute Gasteiger partial charge is 0.259 e. The van der Waals surface area contributed by atoms with E-state index in [2.05, 4.69) is 18.3 Å². The third kappa shape index (κ3) is 4.40. The van der Waals surface area contributed by atoms with E-state index in [1.807, 2.05) is 95.1 Å². The third-order valence-corrected chi connectivity index (χ3v) is 7.06. The van der Waals surface area contributed by atoms with Gasteiger partial charge in [0, 0.05) is 48.6 Å². The Bertz CT molecular complexity index is 1430. The number of nitrogens with zero attached hydrogens (tertiary/aromatic N) is 3. The molecule has 0 spiro atoms. The summed E-state index contributed by atoms with van der Waals surface area (Å²) in [5, 5.41) is 0. The molecular formula is C31H31N3O3. The number of amides is 2. The fourth-order valence-corrected chi connectivity index (χ4v) is 5.46. The average molecular weight is 494 g/mol. The van der Waals surface area contributed by atoms with E-state index in [9.17, 15) is 9.59 Å². The summed E-state index contributed by atoms with van der Waals surface area (Å²) in [6, 6.07) is 26.8. The van der Waals surface area contributed by atoms with Gasteiger partial charge in [0.15, 0.2) is 0 Å². The minimum atomic E-state index is -0.240. The number of benzene rings is 3. The number of hydrogen-bond acceptors (Lipinski definition) is 3. The SMILES string of the molecule is COc1cccc(C(=O)N2c3c(c(-c4ccccc4)cn3C)C(N(C(C)=O)c3ccccc3)CC2C)c1. The lowest BCUT2D eigenvalue weighted by atomic mass is 9.88. The summed E-state index contributed by atoms with van der Waals surface area (Å²) in [5.41, 5.74) is 4.44. The second-order valence-corrected chi connectivity index (χ2v) is 9.49. The fourth-order valence-electron chi connectivity index (χ4n) is 5.46. The molecule has 1 aliphatic heterocycles. The minimum absolute atomic E-state index is 0.0372. The van der Waals surface area contributed by atoms with Gasteiger partial charge in [0.2, 0.25) is 5.91 Å². The number of aryl methyl sites for hydroxylation is 1. The van der Waals surface area contributed by atoms with Crippen LogP contribution < -0.4 is 14.5 Å². The molecule has 0 aliphatic carbocycles. The van der Waals surface area contributed by atoms with Crippen molar-refractivity contribution in [2.24, 2.45) is 7.05 Å². The summed E-state index contributed by atoms with van der Waals surface area (Å²) in [4.78, 5) is 30.9. The van der Waals surface area contributed by atoms with Crippen LogP contribution in [-0.4, -0.2) is 29.5 Å². The summed E-state index contributed by atoms with van der Waals surface area (Å²) >= 11 is 0. The number of methoxy groups -OCH3 is 1. The molecule has 0 fully saturated rings. The van der Waals surface area contributed by atoms with Crippen molar-refractivity contribution in [3.8, 4) is 16.9 Å². The van der Waals surface area contributed by atoms with Crippen LogP contribution in [0.15, 0.2) is 91.1 Å². The summed E-state index contributed by atoms with van der Waals surface area (Å²) in [7, 11) is 3.56. The van der Waals surface area contributed by atoms with E-state index in [4.69, 9.17) is 4.74 Å². The van der Waals surface area contributed by atoms with E-state index in [1.165, 1.54) is 0 Å². The van der Waals surface area contributed by atoms with Crippen LogP contribution in [0.25, 0.3) is 11.1 Å². The standard InChI is InChI=1S/C31H31N3O3/c1-21-18-28(34(22(2)35)25-15-9-6-10-16-25)29-27(23-12-7-5-8-13-23)20-32(3)30(29)33(21)31(36)24-14-11-17-26(19-24)37-4/h5-17,19-21,28H,18H2,1-4H3. The number of anilines is 2. The highest BCUT2D eigenvalue weighted by Crippen LogP contribution is 2.48. The Morgan fingerprint density at radius 1 is 0.946 bits per heavy atom. The van der Waals surface area contributed by atoms with Crippen LogP contribution in [0.4, 0.5) is 11.5 Å². The van der Waals surface area contributed by atoms with Gasteiger partial charge >= 0.3 is 0 Å². The number of fused-ring (bicyclic) bond motifs is 1. The highest BCUT2D eigenvalue weighted by molar-refractivity contribution is 6.08. The van der Waals surface area contributed by atoms with E-state index in [1.54, 1.807) is 20.1 Å². The molecule has 0 bridgehead atoms. The van der Waals surface area contributed by atoms with Gasteiger partial charge in [-0.3, -0.25) is 14.5 Å². The van der Waals surface area contributed by atoms with Crippen LogP contribution in [0.2, 0.25) is 0 Å². The first kappa shape index (κ1) is 24.4. The third-order valence-electron chi connectivity index (χ3n) is 7.06. The lowest BCUT2D eigenvalue weighted by Gasteiger charge is -2.43. The van der Waals surface area contributed by atoms with Crippen LogP contribution >= 0.6 is 0 Å². The maximum absolute atomic E-state index is 14.0. The average Bonchev–Trinajstić information content (AvgIpc) is 3.26. The normalized spacial score (nSPS) is 16.7. The Balaban J connectivity index is 1.72. The van der Waals surface area contributed by atoms with Gasteiger partial charge in [-0.2, -0.15) is 0 Å². The number of hydrogen-bond donors (Lipinski definition) is 0. The van der Waals surface area contributed by atoms with Crippen molar-refractivity contribution in [1.29, 1.82) is 0 Å². The lowest BCUT2D eigenvalue weighted by Crippen LogP contribution is -2.48. The summed E-state index contributed by atoms with van der Waals surface area (Å²) in [6.07, 6.45) is 2.67. The molecule has 3 aromatic carbocycles. The summed E-state index contributed by atoms with van der Waals surface area (Å²) in [5.74, 6) is 1.31. The molecule has 0 saturated carbocycles. The predicted octanol–water partition coefficient (Wildman–Crippen LogP) is 6.23. The van der Waals surface area contributed by atoms with E-state index in [0.29, 0.717) is 17.7 Å². The van der Waals surface area contributed by atoms with E-state index < -0.39 is 0 Å². The van der Waals surface area contributed by atoms with Crippen LogP contribution in [0.3, 0.4) is 0 Å². The second-order valence-electron chi connectivity index (χ2n) is 9.49. The van der Waals surface area contributed by atoms with Crippen molar-refractivity contribution >= 4 is 23.3 Å². The predicted molar refractivity (Wildman–Crippen MR) is 147 cm³/mol. The molecule has 6 nitrogen and oxygen atoms in total. The van der Waals surface area contributed by atoms with Crippen molar-refractivity contribution < 1.29 is 14.3 Å². The van der Waals surface area contributed by atoms with Crippen LogP contribution in [0.5, 0.6) is 5.75 Å². The number of para-hydroxylation sites is 1. The molecular weight excluding hydrogens is 462 g/mol. The molecule has 0 saturated heterocycles. The highest BCUT2D eigenvalue weighted by Gasteiger charge is 2.42. The highest BCUT2D eigenvalue weighted by atomic mass is 16.5. The minimum Gasteiger partial charge on any atom is -0.497 e. The zero-order valence-corrected chi connectivity index (χ0v) is 21.6. The quantitative estimate of drug-likeness (QED) is 0.331. The van der Waals surface area contributed by atoms with E-state index in [-0.39, 0.29) is 23.9 Å².